The molecule has 0 aliphatic carbocycles. The van der Waals surface area contributed by atoms with E-state index in [0.717, 1.165) is 0 Å². The first-order valence-electron chi connectivity index (χ1n) is 11.3. The van der Waals surface area contributed by atoms with Crippen LogP contribution in [0.4, 0.5) is 5.69 Å². The molecule has 0 saturated heterocycles. The Labute approximate surface area is 204 Å². The molecule has 1 heterocycles. The Morgan fingerprint density at radius 2 is 1.69 bits per heavy atom. The number of nitrogens with zero attached hydrogens (tertiary/aromatic N) is 2. The third kappa shape index (κ3) is 6.52. The van der Waals surface area contributed by atoms with Crippen molar-refractivity contribution in [3.05, 3.63) is 51.2 Å². The number of allylic oxidation sites excluding steroid dienone is 1. The fourth-order valence-corrected chi connectivity index (χ4v) is 4.01. The molecule has 3 unspecified atom stereocenters. The molecular formula is C25H33N3O7. The van der Waals surface area contributed by atoms with Gasteiger partial charge in [-0.15, -0.1) is 0 Å². The van der Waals surface area contributed by atoms with Crippen LogP contribution in [0.3, 0.4) is 0 Å². The summed E-state index contributed by atoms with van der Waals surface area (Å²) in [5, 5.41) is 13.9. The van der Waals surface area contributed by atoms with Crippen molar-refractivity contribution >= 4 is 29.2 Å². The van der Waals surface area contributed by atoms with E-state index in [1.54, 1.807) is 48.5 Å². The van der Waals surface area contributed by atoms with Crippen LogP contribution in [0.15, 0.2) is 40.5 Å². The van der Waals surface area contributed by atoms with Gasteiger partial charge in [0.2, 0.25) is 5.91 Å². The fourth-order valence-electron chi connectivity index (χ4n) is 4.01. The number of amides is 1. The fraction of sp³-hybridized carbons (Fsp3) is 0.520. The van der Waals surface area contributed by atoms with E-state index in [1.807, 2.05) is 0 Å². The molecule has 10 heteroatoms. The summed E-state index contributed by atoms with van der Waals surface area (Å²) in [5.41, 5.74) is 0.628. The van der Waals surface area contributed by atoms with Crippen molar-refractivity contribution in [1.82, 2.24) is 5.32 Å². The quantitative estimate of drug-likeness (QED) is 0.352. The molecule has 1 aliphatic rings. The predicted molar refractivity (Wildman–Crippen MR) is 130 cm³/mol. The second kappa shape index (κ2) is 10.8. The largest absolute Gasteiger partial charge is 0.468 e. The van der Waals surface area contributed by atoms with E-state index in [2.05, 4.69) is 10.3 Å². The third-order valence-corrected chi connectivity index (χ3v) is 5.61. The highest BCUT2D eigenvalue weighted by Gasteiger charge is 2.42. The summed E-state index contributed by atoms with van der Waals surface area (Å²) < 4.78 is 10.5. The molecule has 1 N–H and O–H groups in total. The Bertz CT molecular complexity index is 1070. The Morgan fingerprint density at radius 1 is 1.11 bits per heavy atom. The molecule has 190 valence electrons. The van der Waals surface area contributed by atoms with Gasteiger partial charge < -0.3 is 14.8 Å². The molecule has 1 amide bonds. The van der Waals surface area contributed by atoms with Crippen LogP contribution in [0.1, 0.15) is 59.9 Å². The van der Waals surface area contributed by atoms with Crippen LogP contribution in [-0.2, 0) is 23.9 Å². The molecule has 0 saturated carbocycles. The normalized spacial score (nSPS) is 19.1. The lowest BCUT2D eigenvalue weighted by Gasteiger charge is -2.33. The van der Waals surface area contributed by atoms with Crippen molar-refractivity contribution in [2.24, 2.45) is 16.8 Å². The lowest BCUT2D eigenvalue weighted by molar-refractivity contribution is -0.384. The summed E-state index contributed by atoms with van der Waals surface area (Å²) in [6, 6.07) is 4.70. The number of aliphatic imine (C=N–C) groups is 1. The third-order valence-electron chi connectivity index (χ3n) is 5.61. The maximum absolute atomic E-state index is 13.6. The number of carbonyl (C=O) groups is 3. The van der Waals surface area contributed by atoms with Gasteiger partial charge in [-0.3, -0.25) is 24.7 Å². The number of rotatable bonds is 7. The first-order chi connectivity index (χ1) is 16.2. The van der Waals surface area contributed by atoms with Gasteiger partial charge in [-0.2, -0.15) is 0 Å². The maximum atomic E-state index is 13.6. The summed E-state index contributed by atoms with van der Waals surface area (Å²) >= 11 is 0. The molecule has 35 heavy (non-hydrogen) atoms. The number of ether oxygens (including phenoxy) is 2. The summed E-state index contributed by atoms with van der Waals surface area (Å²) in [5.74, 6) is -3.79. The number of non-ortho nitro benzene ring substituents is 1. The zero-order valence-electron chi connectivity index (χ0n) is 21.4. The molecule has 0 bridgehead atoms. The van der Waals surface area contributed by atoms with E-state index in [-0.39, 0.29) is 17.2 Å². The monoisotopic (exact) mass is 487 g/mol. The van der Waals surface area contributed by atoms with E-state index < -0.39 is 46.2 Å². The van der Waals surface area contributed by atoms with Crippen molar-refractivity contribution in [2.75, 3.05) is 7.11 Å². The lowest BCUT2D eigenvalue weighted by Crippen LogP contribution is -2.49. The van der Waals surface area contributed by atoms with Crippen LogP contribution in [-0.4, -0.2) is 47.2 Å². The summed E-state index contributed by atoms with van der Waals surface area (Å²) in [4.78, 5) is 54.2. The second-order valence-corrected chi connectivity index (χ2v) is 9.81. The number of benzene rings is 1. The van der Waals surface area contributed by atoms with Gasteiger partial charge in [-0.1, -0.05) is 26.0 Å². The van der Waals surface area contributed by atoms with Gasteiger partial charge in [0.05, 0.1) is 12.0 Å². The SMILES string of the molecule is COC(=O)C1C(C)=NC(C)=C(C(=O)NC(C(=O)OC(C)(C)C)C(C)C)C1c1ccc([N+](=O)[O-])cc1. The topological polar surface area (TPSA) is 137 Å². The standard InChI is InChI=1S/C25H33N3O7/c1-13(2)21(24(31)35-25(5,6)7)27-22(29)18-14(3)26-15(4)19(23(30)34-8)20(18)16-9-11-17(12-10-16)28(32)33/h9-13,19-21H,1-8H3,(H,27,29). The smallest absolute Gasteiger partial charge is 0.329 e. The van der Waals surface area contributed by atoms with Crippen molar-refractivity contribution in [3.8, 4) is 0 Å². The first kappa shape index (κ1) is 27.7. The van der Waals surface area contributed by atoms with Gasteiger partial charge in [0, 0.05) is 35.0 Å². The number of hydrogen-bond donors (Lipinski definition) is 1. The molecule has 10 nitrogen and oxygen atoms in total. The van der Waals surface area contributed by atoms with Crippen molar-refractivity contribution in [2.45, 2.75) is 66.0 Å². The van der Waals surface area contributed by atoms with Crippen LogP contribution in [0.25, 0.3) is 0 Å². The average molecular weight is 488 g/mol. The minimum atomic E-state index is -0.942. The molecule has 1 aromatic carbocycles. The van der Waals surface area contributed by atoms with E-state index in [9.17, 15) is 24.5 Å². The zero-order valence-corrected chi connectivity index (χ0v) is 21.4. The van der Waals surface area contributed by atoms with Crippen LogP contribution >= 0.6 is 0 Å². The number of nitrogens with one attached hydrogen (secondary N) is 1. The molecule has 1 aromatic rings. The number of methoxy groups -OCH3 is 1. The van der Waals surface area contributed by atoms with Crippen LogP contribution < -0.4 is 5.32 Å². The molecule has 0 fully saturated rings. The van der Waals surface area contributed by atoms with E-state index >= 15 is 0 Å². The minimum Gasteiger partial charge on any atom is -0.468 e. The van der Waals surface area contributed by atoms with Gasteiger partial charge in [-0.05, 0) is 46.1 Å². The molecular weight excluding hydrogens is 454 g/mol. The van der Waals surface area contributed by atoms with Gasteiger partial charge in [0.25, 0.3) is 5.69 Å². The number of esters is 2. The Morgan fingerprint density at radius 3 is 2.14 bits per heavy atom. The molecule has 0 aromatic heterocycles. The second-order valence-electron chi connectivity index (χ2n) is 9.81. The molecule has 0 spiro atoms. The summed E-state index contributed by atoms with van der Waals surface area (Å²) in [6.45, 7) is 12.1. The van der Waals surface area contributed by atoms with Gasteiger partial charge in [0.15, 0.2) is 0 Å². The highest BCUT2D eigenvalue weighted by molar-refractivity contribution is 6.08. The number of nitro groups is 1. The Kier molecular flexibility index (Phi) is 8.54. The minimum absolute atomic E-state index is 0.124. The molecule has 1 aliphatic heterocycles. The summed E-state index contributed by atoms with van der Waals surface area (Å²) in [6.07, 6.45) is 0. The Balaban J connectivity index is 2.56. The average Bonchev–Trinajstić information content (AvgIpc) is 2.74. The van der Waals surface area contributed by atoms with E-state index in [4.69, 9.17) is 9.47 Å². The lowest BCUT2D eigenvalue weighted by atomic mass is 9.75. The number of carbonyl (C=O) groups excluding carboxylic acids is 3. The number of nitro benzene ring substituents is 1. The predicted octanol–water partition coefficient (Wildman–Crippen LogP) is 3.70. The molecule has 0 radical (unpaired) electrons. The van der Waals surface area contributed by atoms with Crippen molar-refractivity contribution < 1.29 is 28.8 Å². The molecule has 3 atom stereocenters. The van der Waals surface area contributed by atoms with Crippen LogP contribution in [0, 0.1) is 22.0 Å². The van der Waals surface area contributed by atoms with E-state index in [0.29, 0.717) is 17.0 Å². The highest BCUT2D eigenvalue weighted by atomic mass is 16.6. The van der Waals surface area contributed by atoms with Gasteiger partial charge >= 0.3 is 11.9 Å². The highest BCUT2D eigenvalue weighted by Crippen LogP contribution is 2.40. The zero-order chi connectivity index (χ0) is 26.7. The molecule has 2 rings (SSSR count). The number of hydrogen-bond acceptors (Lipinski definition) is 8. The van der Waals surface area contributed by atoms with Crippen LogP contribution in [0.2, 0.25) is 0 Å². The Hall–Kier alpha value is -3.56. The van der Waals surface area contributed by atoms with Crippen LogP contribution in [0.5, 0.6) is 0 Å². The maximum Gasteiger partial charge on any atom is 0.329 e. The first-order valence-corrected chi connectivity index (χ1v) is 11.3. The summed E-state index contributed by atoms with van der Waals surface area (Å²) in [7, 11) is 1.24. The van der Waals surface area contributed by atoms with Gasteiger partial charge in [-0.25, -0.2) is 4.79 Å². The van der Waals surface area contributed by atoms with Crippen molar-refractivity contribution in [3.63, 3.8) is 0 Å². The van der Waals surface area contributed by atoms with Gasteiger partial charge in [0.1, 0.15) is 17.6 Å². The van der Waals surface area contributed by atoms with Crippen molar-refractivity contribution in [1.29, 1.82) is 0 Å². The van der Waals surface area contributed by atoms with E-state index in [1.165, 1.54) is 31.4 Å².